The van der Waals surface area contributed by atoms with Crippen LogP contribution in [0, 0.1) is 17.4 Å². The molecule has 0 aliphatic rings. The largest absolute Gasteiger partial charge is 0.401 e. The molecule has 0 radical (unpaired) electrons. The zero-order chi connectivity index (χ0) is 16.5. The summed E-state index contributed by atoms with van der Waals surface area (Å²) in [4.78, 5) is 0. The molecule has 0 aliphatic carbocycles. The topological polar surface area (TPSA) is 9.23 Å². The Hall–Kier alpha value is -0.523. The molecule has 1 unspecified atom stereocenters. The highest BCUT2D eigenvalue weighted by atomic mass is 28.4. The van der Waals surface area contributed by atoms with Crippen LogP contribution in [0.2, 0.25) is 11.1 Å². The quantitative estimate of drug-likeness (QED) is 0.216. The van der Waals surface area contributed by atoms with Crippen LogP contribution in [0.1, 0.15) is 74.1 Å². The summed E-state index contributed by atoms with van der Waals surface area (Å²) in [6.07, 6.45) is 6.55. The summed E-state index contributed by atoms with van der Waals surface area (Å²) < 4.78 is 6.74. The maximum atomic E-state index is 6.74. The second kappa shape index (κ2) is 10.2. The minimum Gasteiger partial charge on any atom is -0.401 e. The molecule has 0 aromatic rings. The lowest BCUT2D eigenvalue weighted by Crippen LogP contribution is -2.47. The van der Waals surface area contributed by atoms with Gasteiger partial charge in [-0.05, 0) is 29.8 Å². The minimum absolute atomic E-state index is 0.249. The highest BCUT2D eigenvalue weighted by Crippen LogP contribution is 2.35. The van der Waals surface area contributed by atoms with Gasteiger partial charge in [0.1, 0.15) is 0 Å². The second-order valence-electron chi connectivity index (χ2n) is 6.93. The molecule has 0 aromatic heterocycles. The predicted octanol–water partition coefficient (Wildman–Crippen LogP) is 6.10. The van der Waals surface area contributed by atoms with Gasteiger partial charge in [0, 0.05) is 6.42 Å². The Morgan fingerprint density at radius 2 is 1.67 bits per heavy atom. The van der Waals surface area contributed by atoms with Crippen LogP contribution >= 0.6 is 0 Å². The van der Waals surface area contributed by atoms with Gasteiger partial charge in [0.05, 0.1) is 6.10 Å². The smallest absolute Gasteiger partial charge is 0.277 e. The molecular weight excluding hydrogens is 272 g/mol. The fourth-order valence-electron chi connectivity index (χ4n) is 2.59. The molecule has 0 bridgehead atoms. The number of unbranched alkanes of at least 4 members (excludes halogenated alkanes) is 2. The van der Waals surface area contributed by atoms with E-state index >= 15 is 0 Å². The van der Waals surface area contributed by atoms with E-state index in [1.54, 1.807) is 0 Å². The SMILES string of the molecule is C=CCC(O[Si](C#CCCCC)(C(C)C)C(C)C)C(C)C. The summed E-state index contributed by atoms with van der Waals surface area (Å²) in [6.45, 7) is 19.7. The van der Waals surface area contributed by atoms with Crippen LogP contribution in [0.4, 0.5) is 0 Å². The summed E-state index contributed by atoms with van der Waals surface area (Å²) in [5.74, 6) is 3.94. The molecule has 0 saturated carbocycles. The molecule has 1 nitrogen and oxygen atoms in total. The first-order valence-corrected chi connectivity index (χ1v) is 10.7. The average molecular weight is 309 g/mol. The van der Waals surface area contributed by atoms with Crippen LogP contribution in [-0.2, 0) is 4.43 Å². The van der Waals surface area contributed by atoms with Crippen molar-refractivity contribution in [2.45, 2.75) is 91.3 Å². The van der Waals surface area contributed by atoms with Gasteiger partial charge in [-0.2, -0.15) is 0 Å². The molecule has 1 atom stereocenters. The summed E-state index contributed by atoms with van der Waals surface area (Å²) in [7, 11) is -2.07. The molecule has 0 aliphatic heterocycles. The first-order chi connectivity index (χ1) is 9.81. The van der Waals surface area contributed by atoms with Crippen LogP contribution in [0.15, 0.2) is 12.7 Å². The minimum atomic E-state index is -2.07. The van der Waals surface area contributed by atoms with Crippen molar-refractivity contribution in [2.75, 3.05) is 0 Å². The van der Waals surface area contributed by atoms with Gasteiger partial charge < -0.3 is 4.43 Å². The number of hydrogen-bond donors (Lipinski definition) is 0. The molecule has 0 N–H and O–H groups in total. The van der Waals surface area contributed by atoms with Crippen molar-refractivity contribution in [1.82, 2.24) is 0 Å². The fourth-order valence-corrected chi connectivity index (χ4v) is 6.38. The van der Waals surface area contributed by atoms with E-state index in [4.69, 9.17) is 4.43 Å². The highest BCUT2D eigenvalue weighted by molar-refractivity contribution is 6.84. The molecule has 0 spiro atoms. The molecule has 122 valence electrons. The van der Waals surface area contributed by atoms with Crippen molar-refractivity contribution in [2.24, 2.45) is 5.92 Å². The van der Waals surface area contributed by atoms with Crippen LogP contribution in [0.25, 0.3) is 0 Å². The molecule has 21 heavy (non-hydrogen) atoms. The monoisotopic (exact) mass is 308 g/mol. The first kappa shape index (κ1) is 20.5. The van der Waals surface area contributed by atoms with E-state index in [9.17, 15) is 0 Å². The van der Waals surface area contributed by atoms with E-state index in [0.717, 1.165) is 12.8 Å². The van der Waals surface area contributed by atoms with E-state index in [-0.39, 0.29) is 6.10 Å². The van der Waals surface area contributed by atoms with Crippen LogP contribution in [0.5, 0.6) is 0 Å². The van der Waals surface area contributed by atoms with E-state index in [0.29, 0.717) is 17.0 Å². The molecule has 0 fully saturated rings. The normalized spacial score (nSPS) is 13.4. The van der Waals surface area contributed by atoms with Crippen molar-refractivity contribution < 1.29 is 4.43 Å². The van der Waals surface area contributed by atoms with Gasteiger partial charge in [-0.15, -0.1) is 12.5 Å². The third-order valence-electron chi connectivity index (χ3n) is 4.14. The van der Waals surface area contributed by atoms with Crippen molar-refractivity contribution in [3.05, 3.63) is 12.7 Å². The first-order valence-electron chi connectivity index (χ1n) is 8.60. The molecule has 0 rings (SSSR count). The van der Waals surface area contributed by atoms with E-state index in [2.05, 4.69) is 66.5 Å². The Morgan fingerprint density at radius 1 is 1.10 bits per heavy atom. The molecule has 0 amide bonds. The van der Waals surface area contributed by atoms with Gasteiger partial charge in [-0.1, -0.05) is 66.5 Å². The lowest BCUT2D eigenvalue weighted by atomic mass is 10.1. The molecule has 0 saturated heterocycles. The Labute approximate surface area is 134 Å². The third kappa shape index (κ3) is 6.40. The molecule has 2 heteroatoms. The van der Waals surface area contributed by atoms with Gasteiger partial charge in [-0.3, -0.25) is 0 Å². The molecule has 0 aromatic carbocycles. The number of hydrogen-bond acceptors (Lipinski definition) is 1. The summed E-state index contributed by atoms with van der Waals surface area (Å²) in [5, 5.41) is 0. The van der Waals surface area contributed by atoms with Crippen molar-refractivity contribution >= 4 is 8.32 Å². The summed E-state index contributed by atoms with van der Waals surface area (Å²) in [5.41, 5.74) is 4.67. The lowest BCUT2D eigenvalue weighted by molar-refractivity contribution is 0.140. The molecular formula is C19H36OSi. The Kier molecular flexibility index (Phi) is 9.99. The van der Waals surface area contributed by atoms with Gasteiger partial charge in [0.25, 0.3) is 8.32 Å². The second-order valence-corrected chi connectivity index (χ2v) is 11.3. The standard InChI is InChI=1S/C19H36OSi/c1-9-11-12-13-15-21(17(5)6,18(7)8)20-19(14-10-2)16(3)4/h10,16-19H,2,9,11-12,14H2,1,3-8H3. The summed E-state index contributed by atoms with van der Waals surface area (Å²) >= 11 is 0. The zero-order valence-corrected chi connectivity index (χ0v) is 16.3. The van der Waals surface area contributed by atoms with Crippen molar-refractivity contribution in [1.29, 1.82) is 0 Å². The van der Waals surface area contributed by atoms with Crippen molar-refractivity contribution in [3.8, 4) is 11.5 Å². The highest BCUT2D eigenvalue weighted by Gasteiger charge is 2.43. The molecule has 0 heterocycles. The van der Waals surface area contributed by atoms with Crippen molar-refractivity contribution in [3.63, 3.8) is 0 Å². The van der Waals surface area contributed by atoms with E-state index < -0.39 is 8.32 Å². The zero-order valence-electron chi connectivity index (χ0n) is 15.3. The van der Waals surface area contributed by atoms with E-state index in [1.807, 2.05) is 6.08 Å². The fraction of sp³-hybridized carbons (Fsp3) is 0.789. The van der Waals surface area contributed by atoms with Crippen LogP contribution < -0.4 is 0 Å². The Bertz CT molecular complexity index is 338. The third-order valence-corrected chi connectivity index (χ3v) is 8.83. The maximum absolute atomic E-state index is 6.74. The van der Waals surface area contributed by atoms with Gasteiger partial charge in [0.2, 0.25) is 0 Å². The summed E-state index contributed by atoms with van der Waals surface area (Å²) in [6, 6.07) is 0. The lowest BCUT2D eigenvalue weighted by Gasteiger charge is -2.38. The Morgan fingerprint density at radius 3 is 2.05 bits per heavy atom. The Balaban J connectivity index is 5.35. The van der Waals surface area contributed by atoms with Crippen LogP contribution in [0.3, 0.4) is 0 Å². The van der Waals surface area contributed by atoms with Gasteiger partial charge in [-0.25, -0.2) is 0 Å². The van der Waals surface area contributed by atoms with Gasteiger partial charge >= 0.3 is 0 Å². The maximum Gasteiger partial charge on any atom is 0.277 e. The van der Waals surface area contributed by atoms with Gasteiger partial charge in [0.15, 0.2) is 0 Å². The number of rotatable bonds is 9. The van der Waals surface area contributed by atoms with Crippen LogP contribution in [-0.4, -0.2) is 14.4 Å². The van der Waals surface area contributed by atoms with E-state index in [1.165, 1.54) is 12.8 Å². The predicted molar refractivity (Wildman–Crippen MR) is 97.8 cm³/mol. The average Bonchev–Trinajstić information content (AvgIpc) is 2.40.